The summed E-state index contributed by atoms with van der Waals surface area (Å²) in [6.45, 7) is 2.02. The molecular weight excluding hydrogens is 285 g/mol. The maximum absolute atomic E-state index is 6.06. The van der Waals surface area contributed by atoms with Crippen LogP contribution >= 0.6 is 34.5 Å². The van der Waals surface area contributed by atoms with Gasteiger partial charge in [0.1, 0.15) is 0 Å². The van der Waals surface area contributed by atoms with Crippen molar-refractivity contribution in [3.8, 4) is 0 Å². The number of hydrogen-bond acceptors (Lipinski definition) is 2. The van der Waals surface area contributed by atoms with Crippen LogP contribution in [0.5, 0.6) is 0 Å². The molecule has 0 N–H and O–H groups in total. The average Bonchev–Trinajstić information content (AvgIpc) is 2.74. The normalized spacial score (nSPS) is 12.6. The van der Waals surface area contributed by atoms with E-state index in [9.17, 15) is 0 Å². The zero-order valence-corrected chi connectivity index (χ0v) is 12.5. The van der Waals surface area contributed by atoms with E-state index in [1.54, 1.807) is 11.3 Å². The Balaban J connectivity index is 2.01. The van der Waals surface area contributed by atoms with Crippen LogP contribution in [-0.2, 0) is 12.8 Å². The smallest absolute Gasteiger partial charge is 0.0931 e. The molecule has 2 aromatic rings. The summed E-state index contributed by atoms with van der Waals surface area (Å²) < 4.78 is 0. The fraction of sp³-hybridized carbons (Fsp3) is 0.357. The zero-order chi connectivity index (χ0) is 13.0. The Morgan fingerprint density at radius 3 is 2.78 bits per heavy atom. The number of rotatable bonds is 5. The maximum atomic E-state index is 6.06. The van der Waals surface area contributed by atoms with Gasteiger partial charge >= 0.3 is 0 Å². The van der Waals surface area contributed by atoms with Crippen LogP contribution in [0.25, 0.3) is 0 Å². The van der Waals surface area contributed by atoms with Crippen molar-refractivity contribution in [2.75, 3.05) is 5.88 Å². The Morgan fingerprint density at radius 2 is 2.17 bits per heavy atom. The van der Waals surface area contributed by atoms with Crippen LogP contribution in [0.15, 0.2) is 29.6 Å². The van der Waals surface area contributed by atoms with Gasteiger partial charge in [0.05, 0.1) is 5.01 Å². The van der Waals surface area contributed by atoms with Crippen molar-refractivity contribution in [2.45, 2.75) is 19.8 Å². The summed E-state index contributed by atoms with van der Waals surface area (Å²) in [5.74, 6) is 1.06. The summed E-state index contributed by atoms with van der Waals surface area (Å²) in [5, 5.41) is 4.03. The van der Waals surface area contributed by atoms with Crippen LogP contribution in [0.2, 0.25) is 5.02 Å². The fourth-order valence-electron chi connectivity index (χ4n) is 1.92. The predicted octanol–water partition coefficient (Wildman–Crippen LogP) is 4.75. The molecule has 2 rings (SSSR count). The molecule has 18 heavy (non-hydrogen) atoms. The summed E-state index contributed by atoms with van der Waals surface area (Å²) in [6.07, 6.45) is 1.89. The number of aromatic nitrogens is 1. The van der Waals surface area contributed by atoms with Crippen LogP contribution < -0.4 is 0 Å². The lowest BCUT2D eigenvalue weighted by Gasteiger charge is -2.12. The first-order valence-electron chi connectivity index (χ1n) is 5.89. The minimum Gasteiger partial charge on any atom is -0.247 e. The van der Waals surface area contributed by atoms with Crippen molar-refractivity contribution in [2.24, 2.45) is 5.92 Å². The van der Waals surface area contributed by atoms with Crippen molar-refractivity contribution in [3.05, 3.63) is 50.9 Å². The summed E-state index contributed by atoms with van der Waals surface area (Å²) in [6, 6.07) is 7.98. The molecule has 0 bridgehead atoms. The van der Waals surface area contributed by atoms with Gasteiger partial charge in [0.2, 0.25) is 0 Å². The number of halogens is 2. The molecule has 0 amide bonds. The first kappa shape index (κ1) is 13.9. The van der Waals surface area contributed by atoms with Gasteiger partial charge in [-0.15, -0.1) is 22.9 Å². The molecule has 1 nitrogen and oxygen atoms in total. The Morgan fingerprint density at radius 1 is 1.33 bits per heavy atom. The van der Waals surface area contributed by atoms with E-state index < -0.39 is 0 Å². The van der Waals surface area contributed by atoms with Crippen LogP contribution in [0, 0.1) is 12.8 Å². The van der Waals surface area contributed by atoms with E-state index in [2.05, 4.69) is 16.4 Å². The molecule has 0 spiro atoms. The zero-order valence-electron chi connectivity index (χ0n) is 10.2. The lowest BCUT2D eigenvalue weighted by Crippen LogP contribution is -2.10. The number of aryl methyl sites for hydroxylation is 1. The highest BCUT2D eigenvalue weighted by atomic mass is 35.5. The molecule has 96 valence electrons. The summed E-state index contributed by atoms with van der Waals surface area (Å²) in [7, 11) is 0. The van der Waals surface area contributed by atoms with Gasteiger partial charge in [-0.3, -0.25) is 0 Å². The second kappa shape index (κ2) is 6.55. The van der Waals surface area contributed by atoms with Gasteiger partial charge in [-0.1, -0.05) is 23.7 Å². The molecule has 0 saturated carbocycles. The van der Waals surface area contributed by atoms with Crippen LogP contribution in [-0.4, -0.2) is 10.9 Å². The first-order valence-corrected chi connectivity index (χ1v) is 7.68. The van der Waals surface area contributed by atoms with Gasteiger partial charge in [-0.05, 0) is 37.0 Å². The Hall–Kier alpha value is -0.570. The van der Waals surface area contributed by atoms with Crippen molar-refractivity contribution in [1.82, 2.24) is 4.98 Å². The molecule has 4 heteroatoms. The van der Waals surface area contributed by atoms with Gasteiger partial charge in [0.25, 0.3) is 0 Å². The quantitative estimate of drug-likeness (QED) is 0.726. The van der Waals surface area contributed by atoms with Gasteiger partial charge < -0.3 is 0 Å². The van der Waals surface area contributed by atoms with Gasteiger partial charge in [0.15, 0.2) is 0 Å². The van der Waals surface area contributed by atoms with Gasteiger partial charge in [-0.2, -0.15) is 0 Å². The maximum Gasteiger partial charge on any atom is 0.0931 e. The molecule has 1 unspecified atom stereocenters. The number of thiazole rings is 1. The topological polar surface area (TPSA) is 12.9 Å². The van der Waals surface area contributed by atoms with Crippen LogP contribution in [0.3, 0.4) is 0 Å². The second-order valence-corrected chi connectivity index (χ2v) is 6.13. The third kappa shape index (κ3) is 3.98. The number of nitrogens with zero attached hydrogens (tertiary/aromatic N) is 1. The van der Waals surface area contributed by atoms with E-state index >= 15 is 0 Å². The van der Waals surface area contributed by atoms with Crippen molar-refractivity contribution < 1.29 is 0 Å². The summed E-state index contributed by atoms with van der Waals surface area (Å²) >= 11 is 13.8. The lowest BCUT2D eigenvalue weighted by atomic mass is 9.98. The third-order valence-corrected chi connectivity index (χ3v) is 4.42. The van der Waals surface area contributed by atoms with Crippen LogP contribution in [0.4, 0.5) is 0 Å². The molecule has 0 aliphatic heterocycles. The number of benzene rings is 1. The van der Waals surface area contributed by atoms with Crippen molar-refractivity contribution >= 4 is 34.5 Å². The Bertz CT molecular complexity index is 510. The number of alkyl halides is 1. The van der Waals surface area contributed by atoms with E-state index in [4.69, 9.17) is 23.2 Å². The van der Waals surface area contributed by atoms with Crippen molar-refractivity contribution in [3.63, 3.8) is 0 Å². The highest BCUT2D eigenvalue weighted by molar-refractivity contribution is 7.09. The average molecular weight is 300 g/mol. The molecule has 1 atom stereocenters. The van der Waals surface area contributed by atoms with Gasteiger partial charge in [-0.25, -0.2) is 4.98 Å². The molecule has 1 aromatic carbocycles. The molecule has 0 aliphatic rings. The predicted molar refractivity (Wildman–Crippen MR) is 79.9 cm³/mol. The SMILES string of the molecule is Cc1csc(CC(CCl)Cc2cccc(Cl)c2)n1. The van der Waals surface area contributed by atoms with E-state index in [0.29, 0.717) is 11.8 Å². The van der Waals surface area contributed by atoms with Crippen molar-refractivity contribution in [1.29, 1.82) is 0 Å². The minimum absolute atomic E-state index is 0.413. The summed E-state index contributed by atoms with van der Waals surface area (Å²) in [5.41, 5.74) is 2.33. The largest absolute Gasteiger partial charge is 0.247 e. The molecule has 0 radical (unpaired) electrons. The Labute approximate surface area is 122 Å². The van der Waals surface area contributed by atoms with E-state index in [-0.39, 0.29) is 0 Å². The minimum atomic E-state index is 0.413. The summed E-state index contributed by atoms with van der Waals surface area (Å²) in [4.78, 5) is 4.49. The monoisotopic (exact) mass is 299 g/mol. The molecule has 1 aromatic heterocycles. The highest BCUT2D eigenvalue weighted by Gasteiger charge is 2.12. The van der Waals surface area contributed by atoms with E-state index in [1.807, 2.05) is 25.1 Å². The first-order chi connectivity index (χ1) is 8.67. The highest BCUT2D eigenvalue weighted by Crippen LogP contribution is 2.20. The molecular formula is C14H15Cl2NS. The Kier molecular flexibility index (Phi) is 5.04. The second-order valence-electron chi connectivity index (χ2n) is 4.44. The number of hydrogen-bond donors (Lipinski definition) is 0. The van der Waals surface area contributed by atoms with Gasteiger partial charge in [0, 0.05) is 28.4 Å². The standard InChI is InChI=1S/C14H15Cl2NS/c1-10-9-18-14(17-10)7-12(8-15)5-11-3-2-4-13(16)6-11/h2-4,6,9,12H,5,7-8H2,1H3. The lowest BCUT2D eigenvalue weighted by molar-refractivity contribution is 0.581. The molecule has 0 aliphatic carbocycles. The van der Waals surface area contributed by atoms with Crippen LogP contribution in [0.1, 0.15) is 16.3 Å². The third-order valence-electron chi connectivity index (χ3n) is 2.76. The van der Waals surface area contributed by atoms with E-state index in [0.717, 1.165) is 23.6 Å². The molecule has 0 fully saturated rings. The molecule has 0 saturated heterocycles. The van der Waals surface area contributed by atoms with E-state index in [1.165, 1.54) is 10.6 Å². The fourth-order valence-corrected chi connectivity index (χ4v) is 3.24. The molecule has 1 heterocycles.